The number of fused-ring (bicyclic) bond motifs is 1. The minimum Gasteiger partial charge on any atom is -0.478 e. The summed E-state index contributed by atoms with van der Waals surface area (Å²) in [6.07, 6.45) is 0.00244. The summed E-state index contributed by atoms with van der Waals surface area (Å²) in [5.74, 6) is -3.22. The molecule has 2 heterocycles. The molecule has 0 bridgehead atoms. The highest BCUT2D eigenvalue weighted by Crippen LogP contribution is 2.37. The maximum Gasteiger partial charge on any atom is 0.519 e. The number of carbonyl (C=O) groups is 5. The maximum absolute atomic E-state index is 12.6. The number of carbonyl (C=O) groups excluding carboxylic acids is 3. The molecule has 2 aromatic carbocycles. The number of rotatable bonds is 7. The van der Waals surface area contributed by atoms with E-state index in [0.717, 1.165) is 11.0 Å². The van der Waals surface area contributed by atoms with E-state index in [-0.39, 0.29) is 34.7 Å². The summed E-state index contributed by atoms with van der Waals surface area (Å²) in [6, 6.07) is 11.0. The molecule has 2 aromatic rings. The summed E-state index contributed by atoms with van der Waals surface area (Å²) < 4.78 is 10.0. The summed E-state index contributed by atoms with van der Waals surface area (Å²) in [6.45, 7) is 0. The van der Waals surface area contributed by atoms with E-state index in [0.29, 0.717) is 5.75 Å². The van der Waals surface area contributed by atoms with Gasteiger partial charge in [-0.1, -0.05) is 24.3 Å². The van der Waals surface area contributed by atoms with Gasteiger partial charge >= 0.3 is 18.1 Å². The molecule has 2 aliphatic heterocycles. The van der Waals surface area contributed by atoms with Gasteiger partial charge in [0.15, 0.2) is 0 Å². The van der Waals surface area contributed by atoms with Gasteiger partial charge in [-0.2, -0.15) is 0 Å². The third-order valence-corrected chi connectivity index (χ3v) is 6.37. The summed E-state index contributed by atoms with van der Waals surface area (Å²) in [4.78, 5) is 61.1. The third-order valence-electron chi connectivity index (χ3n) is 5.19. The number of amides is 2. The standard InChI is InChI=1S/C23H18N2O9S/c26-17(24-18-19(27)25-16(22(30)31)8-9-35-20(18)25)10-12-6-7-14(11-15(12)21(28)29)34-23(32)33-13-4-2-1-3-5-13/h1-8,11,18,20H,9-10H2,(H,24,26)(H,28,29)(H,30,31). The average Bonchev–Trinajstić information content (AvgIpc) is 2.83. The molecule has 3 N–H and O–H groups in total. The van der Waals surface area contributed by atoms with E-state index in [2.05, 4.69) is 5.32 Å². The number of nitrogens with one attached hydrogen (secondary N) is 1. The Morgan fingerprint density at radius 1 is 1.00 bits per heavy atom. The van der Waals surface area contributed by atoms with E-state index in [4.69, 9.17) is 9.47 Å². The number of carboxylic acid groups (broad SMARTS) is 2. The lowest BCUT2D eigenvalue weighted by molar-refractivity contribution is -0.150. The van der Waals surface area contributed by atoms with Crippen LogP contribution < -0.4 is 14.8 Å². The van der Waals surface area contributed by atoms with E-state index in [1.54, 1.807) is 30.3 Å². The van der Waals surface area contributed by atoms with Crippen LogP contribution in [0.4, 0.5) is 4.79 Å². The van der Waals surface area contributed by atoms with Gasteiger partial charge in [-0.15, -0.1) is 11.8 Å². The van der Waals surface area contributed by atoms with Gasteiger partial charge in [0, 0.05) is 5.75 Å². The van der Waals surface area contributed by atoms with Gasteiger partial charge < -0.3 is 25.0 Å². The molecule has 0 aliphatic carbocycles. The lowest BCUT2D eigenvalue weighted by Crippen LogP contribution is -2.70. The molecule has 0 radical (unpaired) electrons. The van der Waals surface area contributed by atoms with Crippen LogP contribution in [0.2, 0.25) is 0 Å². The van der Waals surface area contributed by atoms with E-state index in [1.807, 2.05) is 0 Å². The first-order chi connectivity index (χ1) is 16.7. The molecule has 1 fully saturated rings. The Bertz CT molecular complexity index is 1240. The van der Waals surface area contributed by atoms with Gasteiger partial charge in [-0.3, -0.25) is 14.5 Å². The fourth-order valence-electron chi connectivity index (χ4n) is 3.61. The largest absolute Gasteiger partial charge is 0.519 e. The molecule has 4 rings (SSSR count). The lowest BCUT2D eigenvalue weighted by Gasteiger charge is -2.48. The fraction of sp³-hybridized carbons (Fsp3) is 0.174. The molecular weight excluding hydrogens is 480 g/mol. The van der Waals surface area contributed by atoms with E-state index < -0.39 is 41.3 Å². The van der Waals surface area contributed by atoms with Crippen LogP contribution in [0.5, 0.6) is 11.5 Å². The first-order valence-corrected chi connectivity index (χ1v) is 11.3. The fourth-order valence-corrected chi connectivity index (χ4v) is 4.80. The highest BCUT2D eigenvalue weighted by Gasteiger charge is 2.52. The number of thioether (sulfide) groups is 1. The molecule has 1 saturated heterocycles. The van der Waals surface area contributed by atoms with E-state index in [9.17, 15) is 34.2 Å². The van der Waals surface area contributed by atoms with Crippen LogP contribution in [0, 0.1) is 0 Å². The second kappa shape index (κ2) is 9.89. The van der Waals surface area contributed by atoms with Crippen molar-refractivity contribution in [3.63, 3.8) is 0 Å². The monoisotopic (exact) mass is 498 g/mol. The van der Waals surface area contributed by atoms with Crippen molar-refractivity contribution in [2.45, 2.75) is 17.8 Å². The summed E-state index contributed by atoms with van der Waals surface area (Å²) in [7, 11) is 0. The number of aliphatic carboxylic acids is 1. The first kappa shape index (κ1) is 23.8. The predicted octanol–water partition coefficient (Wildman–Crippen LogP) is 1.87. The second-order valence-electron chi connectivity index (χ2n) is 7.44. The Kier molecular flexibility index (Phi) is 6.73. The molecule has 2 aliphatic rings. The molecule has 2 amide bonds. The number of aromatic carboxylic acids is 1. The number of nitrogens with zero attached hydrogens (tertiary/aromatic N) is 1. The Balaban J connectivity index is 1.40. The van der Waals surface area contributed by atoms with Crippen LogP contribution in [0.25, 0.3) is 0 Å². The number of benzene rings is 2. The smallest absolute Gasteiger partial charge is 0.478 e. The predicted molar refractivity (Wildman–Crippen MR) is 121 cm³/mol. The minimum absolute atomic E-state index is 0.0936. The number of ether oxygens (including phenoxy) is 2. The van der Waals surface area contributed by atoms with Crippen molar-refractivity contribution in [2.24, 2.45) is 0 Å². The van der Waals surface area contributed by atoms with Crippen molar-refractivity contribution in [2.75, 3.05) is 5.75 Å². The normalized spacial score (nSPS) is 18.5. The average molecular weight is 498 g/mol. The number of β-lactam (4-membered cyclic amide) rings is 1. The summed E-state index contributed by atoms with van der Waals surface area (Å²) >= 11 is 1.31. The highest BCUT2D eigenvalue weighted by atomic mass is 32.2. The van der Waals surface area contributed by atoms with Crippen LogP contribution >= 0.6 is 11.8 Å². The molecule has 0 aromatic heterocycles. The van der Waals surface area contributed by atoms with E-state index >= 15 is 0 Å². The SMILES string of the molecule is O=C(Cc1ccc(OC(=O)Oc2ccccc2)cc1C(=O)O)NC1C(=O)N2C(C(=O)O)=CCSC12. The molecule has 35 heavy (non-hydrogen) atoms. The molecule has 0 saturated carbocycles. The van der Waals surface area contributed by atoms with Crippen molar-refractivity contribution in [1.82, 2.24) is 10.2 Å². The van der Waals surface area contributed by atoms with Gasteiger partial charge in [0.25, 0.3) is 5.91 Å². The number of hydrogen-bond acceptors (Lipinski definition) is 8. The topological polar surface area (TPSA) is 160 Å². The Hall–Kier alpha value is -4.32. The molecular formula is C23H18N2O9S. The number of hydrogen-bond donors (Lipinski definition) is 3. The highest BCUT2D eigenvalue weighted by molar-refractivity contribution is 8.00. The Labute approximate surface area is 202 Å². The zero-order valence-electron chi connectivity index (χ0n) is 17.9. The van der Waals surface area contributed by atoms with Crippen molar-refractivity contribution in [3.8, 4) is 11.5 Å². The molecule has 12 heteroatoms. The van der Waals surface area contributed by atoms with Gasteiger partial charge in [-0.05, 0) is 35.9 Å². The quantitative estimate of drug-likeness (QED) is 0.292. The lowest BCUT2D eigenvalue weighted by atomic mass is 10.0. The summed E-state index contributed by atoms with van der Waals surface area (Å²) in [5, 5.41) is 20.8. The third kappa shape index (κ3) is 5.11. The molecule has 0 spiro atoms. The van der Waals surface area contributed by atoms with Crippen LogP contribution in [-0.4, -0.2) is 62.2 Å². The van der Waals surface area contributed by atoms with Crippen molar-refractivity contribution >= 4 is 41.7 Å². The van der Waals surface area contributed by atoms with Crippen LogP contribution in [-0.2, 0) is 20.8 Å². The molecule has 180 valence electrons. The number of para-hydroxylation sites is 1. The minimum atomic E-state index is -1.35. The van der Waals surface area contributed by atoms with Gasteiger partial charge in [0.05, 0.1) is 12.0 Å². The maximum atomic E-state index is 12.6. The van der Waals surface area contributed by atoms with Crippen LogP contribution in [0.15, 0.2) is 60.3 Å². The number of carboxylic acids is 2. The Morgan fingerprint density at radius 2 is 1.71 bits per heavy atom. The van der Waals surface area contributed by atoms with Crippen molar-refractivity contribution in [3.05, 3.63) is 71.4 Å². The zero-order chi connectivity index (χ0) is 25.1. The van der Waals surface area contributed by atoms with Gasteiger partial charge in [-0.25, -0.2) is 14.4 Å². The van der Waals surface area contributed by atoms with Crippen molar-refractivity contribution < 1.29 is 43.7 Å². The molecule has 2 unspecified atom stereocenters. The van der Waals surface area contributed by atoms with Gasteiger partial charge in [0.2, 0.25) is 5.91 Å². The second-order valence-corrected chi connectivity index (χ2v) is 8.59. The van der Waals surface area contributed by atoms with E-state index in [1.165, 1.54) is 30.0 Å². The van der Waals surface area contributed by atoms with Crippen LogP contribution in [0.1, 0.15) is 15.9 Å². The molecule has 2 atom stereocenters. The first-order valence-electron chi connectivity index (χ1n) is 10.2. The summed E-state index contributed by atoms with van der Waals surface area (Å²) in [5.41, 5.74) is -0.265. The molecule has 11 nitrogen and oxygen atoms in total. The van der Waals surface area contributed by atoms with Crippen LogP contribution in [0.3, 0.4) is 0 Å². The zero-order valence-corrected chi connectivity index (χ0v) is 18.7. The van der Waals surface area contributed by atoms with Crippen molar-refractivity contribution in [1.29, 1.82) is 0 Å². The van der Waals surface area contributed by atoms with Gasteiger partial charge in [0.1, 0.15) is 28.6 Å². The Morgan fingerprint density at radius 3 is 2.40 bits per heavy atom.